The highest BCUT2D eigenvalue weighted by Crippen LogP contribution is 2.30. The van der Waals surface area contributed by atoms with E-state index in [4.69, 9.17) is 4.74 Å². The molecule has 0 aliphatic carbocycles. The number of nitrogens with zero attached hydrogens (tertiary/aromatic N) is 1. The van der Waals surface area contributed by atoms with E-state index in [1.54, 1.807) is 0 Å². The van der Waals surface area contributed by atoms with Gasteiger partial charge in [-0.25, -0.2) is 4.79 Å². The minimum atomic E-state index is -0.899. The first-order chi connectivity index (χ1) is 16.4. The van der Waals surface area contributed by atoms with Crippen LogP contribution in [0, 0.1) is 0 Å². The average Bonchev–Trinajstić information content (AvgIpc) is 3.20. The number of benzene rings is 2. The molecule has 2 aromatic carbocycles. The summed E-state index contributed by atoms with van der Waals surface area (Å²) in [5.74, 6) is -1.21. The van der Waals surface area contributed by atoms with E-state index in [1.807, 2.05) is 42.5 Å². The van der Waals surface area contributed by atoms with Gasteiger partial charge in [-0.2, -0.15) is 0 Å². The number of ether oxygens (including phenoxy) is 2. The Hall–Kier alpha value is -3.66. The van der Waals surface area contributed by atoms with Gasteiger partial charge < -0.3 is 30.3 Å². The molecule has 2 aliphatic rings. The number of carbonyl (C=O) groups is 4. The first-order valence-corrected chi connectivity index (χ1v) is 11.3. The van der Waals surface area contributed by atoms with Crippen molar-refractivity contribution in [1.29, 1.82) is 0 Å². The summed E-state index contributed by atoms with van der Waals surface area (Å²) in [6.07, 6.45) is -0.0275. The van der Waals surface area contributed by atoms with Gasteiger partial charge in [0.1, 0.15) is 24.4 Å². The lowest BCUT2D eigenvalue weighted by Crippen LogP contribution is -2.56. The summed E-state index contributed by atoms with van der Waals surface area (Å²) in [6.45, 7) is 1.75. The number of hydrogen-bond acceptors (Lipinski definition) is 6. The van der Waals surface area contributed by atoms with Gasteiger partial charge in [0, 0.05) is 17.5 Å². The summed E-state index contributed by atoms with van der Waals surface area (Å²) in [7, 11) is 1.20. The summed E-state index contributed by atoms with van der Waals surface area (Å²) in [5, 5.41) is 9.91. The molecule has 10 heteroatoms. The van der Waals surface area contributed by atoms with E-state index in [0.29, 0.717) is 18.5 Å². The largest absolute Gasteiger partial charge is 0.453 e. The Kier molecular flexibility index (Phi) is 6.97. The number of amides is 4. The van der Waals surface area contributed by atoms with E-state index in [0.717, 1.165) is 10.8 Å². The van der Waals surface area contributed by atoms with Crippen LogP contribution in [0.25, 0.3) is 10.8 Å². The van der Waals surface area contributed by atoms with E-state index in [1.165, 1.54) is 18.9 Å². The maximum Gasteiger partial charge on any atom is 0.407 e. The van der Waals surface area contributed by atoms with Gasteiger partial charge in [-0.3, -0.25) is 14.4 Å². The van der Waals surface area contributed by atoms with Crippen LogP contribution in [-0.4, -0.2) is 66.8 Å². The number of alkyl carbamates (subject to hydrolysis) is 1. The van der Waals surface area contributed by atoms with Crippen molar-refractivity contribution in [3.8, 4) is 0 Å². The predicted molar refractivity (Wildman–Crippen MR) is 124 cm³/mol. The lowest BCUT2D eigenvalue weighted by molar-refractivity contribution is -0.147. The number of rotatable bonds is 5. The summed E-state index contributed by atoms with van der Waals surface area (Å²) in [6, 6.07) is 10.9. The van der Waals surface area contributed by atoms with Gasteiger partial charge in [-0.1, -0.05) is 36.4 Å². The molecule has 4 atom stereocenters. The molecule has 0 spiro atoms. The van der Waals surface area contributed by atoms with Crippen LogP contribution < -0.4 is 16.0 Å². The van der Waals surface area contributed by atoms with Gasteiger partial charge in [0.05, 0.1) is 13.7 Å². The maximum absolute atomic E-state index is 13.4. The van der Waals surface area contributed by atoms with Crippen molar-refractivity contribution in [2.24, 2.45) is 0 Å². The molecule has 0 radical (unpaired) electrons. The molecule has 180 valence electrons. The van der Waals surface area contributed by atoms with Crippen molar-refractivity contribution in [3.63, 3.8) is 0 Å². The van der Waals surface area contributed by atoms with Crippen molar-refractivity contribution >= 4 is 40.3 Å². The van der Waals surface area contributed by atoms with Crippen molar-refractivity contribution in [2.45, 2.75) is 50.5 Å². The fourth-order valence-electron chi connectivity index (χ4n) is 4.40. The molecule has 2 aromatic rings. The number of hydrogen-bond donors (Lipinski definition) is 3. The smallest absolute Gasteiger partial charge is 0.407 e. The third kappa shape index (κ3) is 4.81. The number of fused-ring (bicyclic) bond motifs is 2. The molecule has 34 heavy (non-hydrogen) atoms. The normalized spacial score (nSPS) is 22.9. The highest BCUT2D eigenvalue weighted by Gasteiger charge is 2.45. The summed E-state index contributed by atoms with van der Waals surface area (Å²) in [4.78, 5) is 52.0. The zero-order valence-corrected chi connectivity index (χ0v) is 19.1. The van der Waals surface area contributed by atoms with Crippen molar-refractivity contribution in [1.82, 2.24) is 15.5 Å². The third-order valence-corrected chi connectivity index (χ3v) is 6.18. The molecule has 2 unspecified atom stereocenters. The summed E-state index contributed by atoms with van der Waals surface area (Å²) in [5.41, 5.74) is 0.669. The van der Waals surface area contributed by atoms with E-state index in [-0.39, 0.29) is 24.8 Å². The Bertz CT molecular complexity index is 1100. The molecule has 2 aliphatic heterocycles. The monoisotopic (exact) mass is 468 g/mol. The van der Waals surface area contributed by atoms with Crippen LogP contribution in [0.1, 0.15) is 26.2 Å². The summed E-state index contributed by atoms with van der Waals surface area (Å²) < 4.78 is 10.3. The third-order valence-electron chi connectivity index (χ3n) is 6.18. The second-order valence-electron chi connectivity index (χ2n) is 8.39. The number of anilines is 1. The van der Waals surface area contributed by atoms with Gasteiger partial charge in [0.25, 0.3) is 0 Å². The second-order valence-corrected chi connectivity index (χ2v) is 8.39. The highest BCUT2D eigenvalue weighted by molar-refractivity contribution is 6.05. The molecular formula is C24H28N4O6. The van der Waals surface area contributed by atoms with E-state index >= 15 is 0 Å². The minimum absolute atomic E-state index is 0.258. The van der Waals surface area contributed by atoms with Crippen molar-refractivity contribution in [2.75, 3.05) is 19.0 Å². The van der Waals surface area contributed by atoms with Crippen molar-refractivity contribution in [3.05, 3.63) is 42.5 Å². The Morgan fingerprint density at radius 3 is 2.65 bits per heavy atom. The lowest BCUT2D eigenvalue weighted by atomic mass is 10.1. The van der Waals surface area contributed by atoms with Crippen LogP contribution in [0.2, 0.25) is 0 Å². The number of methoxy groups -OCH3 is 1. The first-order valence-electron chi connectivity index (χ1n) is 11.3. The minimum Gasteiger partial charge on any atom is -0.453 e. The van der Waals surface area contributed by atoms with Gasteiger partial charge in [0.15, 0.2) is 0 Å². The zero-order valence-electron chi connectivity index (χ0n) is 19.1. The average molecular weight is 469 g/mol. The second kappa shape index (κ2) is 10.1. The predicted octanol–water partition coefficient (Wildman–Crippen LogP) is 1.74. The lowest BCUT2D eigenvalue weighted by Gasteiger charge is -2.30. The van der Waals surface area contributed by atoms with E-state index in [9.17, 15) is 19.2 Å². The Labute approximate surface area is 196 Å². The number of carbonyl (C=O) groups excluding carboxylic acids is 4. The molecule has 0 saturated carbocycles. The molecule has 3 N–H and O–H groups in total. The van der Waals surface area contributed by atoms with Gasteiger partial charge >= 0.3 is 6.09 Å². The maximum atomic E-state index is 13.4. The van der Waals surface area contributed by atoms with Crippen LogP contribution >= 0.6 is 0 Å². The molecule has 2 heterocycles. The molecular weight excluding hydrogens is 440 g/mol. The van der Waals surface area contributed by atoms with Gasteiger partial charge in [-0.05, 0) is 31.2 Å². The van der Waals surface area contributed by atoms with E-state index < -0.39 is 36.4 Å². The van der Waals surface area contributed by atoms with Crippen LogP contribution in [0.15, 0.2) is 42.5 Å². The van der Waals surface area contributed by atoms with Gasteiger partial charge in [-0.15, -0.1) is 0 Å². The molecule has 0 aromatic heterocycles. The highest BCUT2D eigenvalue weighted by atomic mass is 16.5. The first kappa shape index (κ1) is 23.5. The van der Waals surface area contributed by atoms with Crippen LogP contribution in [0.5, 0.6) is 0 Å². The number of nitrogens with one attached hydrogen (secondary N) is 3. The molecule has 0 bridgehead atoms. The molecule has 10 nitrogen and oxygen atoms in total. The Morgan fingerprint density at radius 1 is 1.09 bits per heavy atom. The Morgan fingerprint density at radius 2 is 1.85 bits per heavy atom. The van der Waals surface area contributed by atoms with E-state index in [2.05, 4.69) is 20.7 Å². The molecule has 2 fully saturated rings. The quantitative estimate of drug-likeness (QED) is 0.614. The zero-order chi connectivity index (χ0) is 24.2. The topological polar surface area (TPSA) is 126 Å². The van der Waals surface area contributed by atoms with Gasteiger partial charge in [0.2, 0.25) is 17.7 Å². The Balaban J connectivity index is 1.48. The van der Waals surface area contributed by atoms with Crippen LogP contribution in [-0.2, 0) is 23.9 Å². The summed E-state index contributed by atoms with van der Waals surface area (Å²) >= 11 is 0. The fraction of sp³-hybridized carbons (Fsp3) is 0.417. The van der Waals surface area contributed by atoms with Crippen LogP contribution in [0.3, 0.4) is 0 Å². The molecule has 2 saturated heterocycles. The fourth-order valence-corrected chi connectivity index (χ4v) is 4.40. The molecule has 4 amide bonds. The standard InChI is InChI=1S/C24H28N4O6/c1-14(25-24(32)33-2)21(29)27-18-12-13-34-20-11-10-19(28(20)23(18)31)22(30)26-17-9-5-7-15-6-3-4-8-16(15)17/h3-9,14,18-20H,10-13H2,1-2H3,(H,25,32)(H,26,30)(H,27,29)/t14?,18-,19?,20-/m0/s1. The van der Waals surface area contributed by atoms with Crippen LogP contribution in [0.4, 0.5) is 10.5 Å². The SMILES string of the molecule is COC(=O)NC(C)C(=O)N[C@H]1CCO[C@H]2CCC(C(=O)Nc3cccc4ccccc34)N2C1=O. The van der Waals surface area contributed by atoms with Crippen molar-refractivity contribution < 1.29 is 28.7 Å². The molecule has 4 rings (SSSR count).